The zero-order valence-electron chi connectivity index (χ0n) is 11.5. The largest absolute Gasteiger partial charge is 0.378 e. The molecule has 0 saturated carbocycles. The molecule has 0 aromatic heterocycles. The van der Waals surface area contributed by atoms with Crippen LogP contribution in [0.15, 0.2) is 0 Å². The number of piperazine rings is 1. The number of hydrogen-bond donors (Lipinski definition) is 1. The van der Waals surface area contributed by atoms with Crippen LogP contribution in [0, 0.1) is 5.92 Å². The van der Waals surface area contributed by atoms with Gasteiger partial charge >= 0.3 is 0 Å². The van der Waals surface area contributed by atoms with Crippen molar-refractivity contribution in [3.8, 4) is 0 Å². The van der Waals surface area contributed by atoms with E-state index in [-0.39, 0.29) is 17.9 Å². The SMILES string of the molecule is CC1OCCC1C(=O)N1CCN(C(C)CN)CC1. The monoisotopic (exact) mass is 255 g/mol. The van der Waals surface area contributed by atoms with Crippen molar-refractivity contribution in [1.29, 1.82) is 0 Å². The van der Waals surface area contributed by atoms with Gasteiger partial charge < -0.3 is 15.4 Å². The Morgan fingerprint density at radius 3 is 2.56 bits per heavy atom. The molecule has 0 spiro atoms. The number of carbonyl (C=O) groups is 1. The van der Waals surface area contributed by atoms with Crippen LogP contribution in [0.5, 0.6) is 0 Å². The van der Waals surface area contributed by atoms with Crippen LogP contribution in [0.4, 0.5) is 0 Å². The van der Waals surface area contributed by atoms with E-state index in [2.05, 4.69) is 11.8 Å². The first-order chi connectivity index (χ1) is 8.63. The average molecular weight is 255 g/mol. The van der Waals surface area contributed by atoms with Crippen LogP contribution in [0.3, 0.4) is 0 Å². The van der Waals surface area contributed by atoms with E-state index in [1.165, 1.54) is 0 Å². The molecule has 5 heteroatoms. The summed E-state index contributed by atoms with van der Waals surface area (Å²) in [5.41, 5.74) is 5.68. The molecule has 0 bridgehead atoms. The van der Waals surface area contributed by atoms with Crippen LogP contribution in [-0.4, -0.2) is 67.2 Å². The second kappa shape index (κ2) is 5.99. The van der Waals surface area contributed by atoms with Crippen LogP contribution >= 0.6 is 0 Å². The van der Waals surface area contributed by atoms with E-state index in [1.807, 2.05) is 11.8 Å². The molecular weight excluding hydrogens is 230 g/mol. The molecule has 1 amide bonds. The van der Waals surface area contributed by atoms with Gasteiger partial charge in [0.2, 0.25) is 5.91 Å². The first-order valence-corrected chi connectivity index (χ1v) is 6.98. The minimum atomic E-state index is 0.0727. The van der Waals surface area contributed by atoms with Gasteiger partial charge in [0.05, 0.1) is 12.0 Å². The summed E-state index contributed by atoms with van der Waals surface area (Å²) in [5.74, 6) is 0.350. The van der Waals surface area contributed by atoms with E-state index in [0.29, 0.717) is 12.6 Å². The summed E-state index contributed by atoms with van der Waals surface area (Å²) in [6, 6.07) is 0.413. The van der Waals surface area contributed by atoms with Crippen LogP contribution in [0.2, 0.25) is 0 Å². The third kappa shape index (κ3) is 2.84. The molecule has 3 unspecified atom stereocenters. The Morgan fingerprint density at radius 1 is 1.39 bits per heavy atom. The van der Waals surface area contributed by atoms with Crippen molar-refractivity contribution in [3.63, 3.8) is 0 Å². The second-order valence-electron chi connectivity index (χ2n) is 5.42. The van der Waals surface area contributed by atoms with Crippen molar-refractivity contribution < 1.29 is 9.53 Å². The summed E-state index contributed by atoms with van der Waals surface area (Å²) >= 11 is 0. The summed E-state index contributed by atoms with van der Waals surface area (Å²) < 4.78 is 5.48. The molecule has 2 heterocycles. The maximum absolute atomic E-state index is 12.4. The Hall–Kier alpha value is -0.650. The van der Waals surface area contributed by atoms with Crippen molar-refractivity contribution in [2.24, 2.45) is 11.7 Å². The highest BCUT2D eigenvalue weighted by Crippen LogP contribution is 2.23. The minimum absolute atomic E-state index is 0.0727. The van der Waals surface area contributed by atoms with Gasteiger partial charge in [-0.05, 0) is 20.3 Å². The van der Waals surface area contributed by atoms with E-state index in [1.54, 1.807) is 0 Å². The Morgan fingerprint density at radius 2 is 2.06 bits per heavy atom. The van der Waals surface area contributed by atoms with Gasteiger partial charge in [0.1, 0.15) is 0 Å². The third-order valence-electron chi connectivity index (χ3n) is 4.28. The van der Waals surface area contributed by atoms with Gasteiger partial charge in [-0.15, -0.1) is 0 Å². The van der Waals surface area contributed by atoms with E-state index in [0.717, 1.165) is 39.2 Å². The Labute approximate surface area is 109 Å². The fourth-order valence-corrected chi connectivity index (χ4v) is 2.82. The van der Waals surface area contributed by atoms with Crippen LogP contribution < -0.4 is 5.73 Å². The number of amides is 1. The van der Waals surface area contributed by atoms with Crippen molar-refractivity contribution >= 4 is 5.91 Å². The lowest BCUT2D eigenvalue weighted by molar-refractivity contribution is -0.139. The molecule has 0 aromatic rings. The molecule has 2 aliphatic rings. The molecule has 5 nitrogen and oxygen atoms in total. The Kier molecular flexibility index (Phi) is 4.59. The maximum Gasteiger partial charge on any atom is 0.228 e. The standard InChI is InChI=1S/C13H25N3O2/c1-10(9-14)15-4-6-16(7-5-15)13(17)12-3-8-18-11(12)2/h10-12H,3-9,14H2,1-2H3. The van der Waals surface area contributed by atoms with E-state index in [4.69, 9.17) is 10.5 Å². The van der Waals surface area contributed by atoms with Gasteiger partial charge in [-0.2, -0.15) is 0 Å². The maximum atomic E-state index is 12.4. The number of rotatable bonds is 3. The minimum Gasteiger partial charge on any atom is -0.378 e. The topological polar surface area (TPSA) is 58.8 Å². The first-order valence-electron chi connectivity index (χ1n) is 6.98. The molecule has 3 atom stereocenters. The fourth-order valence-electron chi connectivity index (χ4n) is 2.82. The molecule has 18 heavy (non-hydrogen) atoms. The van der Waals surface area contributed by atoms with Crippen LogP contribution in [-0.2, 0) is 9.53 Å². The number of nitrogens with zero attached hydrogens (tertiary/aromatic N) is 2. The molecule has 104 valence electrons. The van der Waals surface area contributed by atoms with Gasteiger partial charge in [-0.3, -0.25) is 9.69 Å². The van der Waals surface area contributed by atoms with Crippen molar-refractivity contribution in [2.45, 2.75) is 32.4 Å². The molecule has 2 N–H and O–H groups in total. The molecular formula is C13H25N3O2. The molecule has 2 rings (SSSR count). The number of hydrogen-bond acceptors (Lipinski definition) is 4. The lowest BCUT2D eigenvalue weighted by atomic mass is 10.0. The summed E-state index contributed by atoms with van der Waals surface area (Å²) in [6.45, 7) is 9.08. The second-order valence-corrected chi connectivity index (χ2v) is 5.42. The van der Waals surface area contributed by atoms with Gasteiger partial charge in [0.25, 0.3) is 0 Å². The molecule has 2 fully saturated rings. The zero-order valence-corrected chi connectivity index (χ0v) is 11.5. The lowest BCUT2D eigenvalue weighted by Gasteiger charge is -2.38. The smallest absolute Gasteiger partial charge is 0.228 e. The Balaban J connectivity index is 1.84. The lowest BCUT2D eigenvalue weighted by Crippen LogP contribution is -2.54. The zero-order chi connectivity index (χ0) is 13.1. The van der Waals surface area contributed by atoms with E-state index >= 15 is 0 Å². The highest BCUT2D eigenvalue weighted by Gasteiger charge is 2.35. The summed E-state index contributed by atoms with van der Waals surface area (Å²) in [5, 5.41) is 0. The highest BCUT2D eigenvalue weighted by molar-refractivity contribution is 5.79. The quantitative estimate of drug-likeness (QED) is 0.765. The van der Waals surface area contributed by atoms with Gasteiger partial charge in [-0.1, -0.05) is 0 Å². The fraction of sp³-hybridized carbons (Fsp3) is 0.923. The summed E-state index contributed by atoms with van der Waals surface area (Å²) in [6.07, 6.45) is 0.956. The van der Waals surface area contributed by atoms with Crippen molar-refractivity contribution in [2.75, 3.05) is 39.3 Å². The van der Waals surface area contributed by atoms with E-state index < -0.39 is 0 Å². The Bertz CT molecular complexity index is 290. The average Bonchev–Trinajstić information content (AvgIpc) is 2.83. The summed E-state index contributed by atoms with van der Waals surface area (Å²) in [7, 11) is 0. The molecule has 0 aliphatic carbocycles. The van der Waals surface area contributed by atoms with Crippen molar-refractivity contribution in [1.82, 2.24) is 9.80 Å². The predicted octanol–water partition coefficient (Wildman–Crippen LogP) is -0.0972. The first kappa shape index (κ1) is 13.8. The van der Waals surface area contributed by atoms with Crippen LogP contribution in [0.1, 0.15) is 20.3 Å². The van der Waals surface area contributed by atoms with Crippen molar-refractivity contribution in [3.05, 3.63) is 0 Å². The van der Waals surface area contributed by atoms with Gasteiger partial charge in [0, 0.05) is 45.4 Å². The third-order valence-corrected chi connectivity index (χ3v) is 4.28. The predicted molar refractivity (Wildman–Crippen MR) is 70.2 cm³/mol. The molecule has 0 aromatic carbocycles. The number of ether oxygens (including phenoxy) is 1. The normalized spacial score (nSPS) is 31.6. The molecule has 0 radical (unpaired) electrons. The molecule has 2 saturated heterocycles. The number of nitrogens with two attached hydrogens (primary N) is 1. The van der Waals surface area contributed by atoms with Gasteiger partial charge in [-0.25, -0.2) is 0 Å². The van der Waals surface area contributed by atoms with Crippen LogP contribution in [0.25, 0.3) is 0 Å². The highest BCUT2D eigenvalue weighted by atomic mass is 16.5. The van der Waals surface area contributed by atoms with Gasteiger partial charge in [0.15, 0.2) is 0 Å². The molecule has 2 aliphatic heterocycles. The number of carbonyl (C=O) groups excluding carboxylic acids is 1. The summed E-state index contributed by atoms with van der Waals surface area (Å²) in [4.78, 5) is 16.7. The van der Waals surface area contributed by atoms with E-state index in [9.17, 15) is 4.79 Å².